The molecule has 0 atom stereocenters. The molecule has 2 heterocycles. The predicted octanol–water partition coefficient (Wildman–Crippen LogP) is 4.61. The van der Waals surface area contributed by atoms with Gasteiger partial charge in [-0.1, -0.05) is 17.8 Å². The van der Waals surface area contributed by atoms with Crippen LogP contribution in [0, 0.1) is 31.0 Å². The van der Waals surface area contributed by atoms with Crippen molar-refractivity contribution in [1.82, 2.24) is 19.7 Å². The van der Waals surface area contributed by atoms with E-state index in [0.29, 0.717) is 28.3 Å². The van der Waals surface area contributed by atoms with E-state index in [1.165, 1.54) is 30.2 Å². The van der Waals surface area contributed by atoms with E-state index < -0.39 is 0 Å². The lowest BCUT2D eigenvalue weighted by atomic mass is 10.1. The molecule has 2 aromatic heterocycles. The van der Waals surface area contributed by atoms with E-state index in [1.54, 1.807) is 27.9 Å². The van der Waals surface area contributed by atoms with Crippen LogP contribution in [0.4, 0.5) is 10.1 Å². The second kappa shape index (κ2) is 9.79. The van der Waals surface area contributed by atoms with Gasteiger partial charge in [0.1, 0.15) is 17.2 Å². The highest BCUT2D eigenvalue weighted by atomic mass is 32.2. The van der Waals surface area contributed by atoms with Crippen LogP contribution in [-0.2, 0) is 4.79 Å². The molecule has 2 aromatic carbocycles. The Balaban J connectivity index is 1.56. The molecule has 0 aliphatic carbocycles. The van der Waals surface area contributed by atoms with E-state index in [2.05, 4.69) is 21.1 Å². The van der Waals surface area contributed by atoms with Crippen molar-refractivity contribution in [3.63, 3.8) is 0 Å². The molecular weight excluding hydrogens is 439 g/mol. The molecule has 0 unspecified atom stereocenters. The zero-order chi connectivity index (χ0) is 23.4. The highest BCUT2D eigenvalue weighted by Crippen LogP contribution is 2.27. The fraction of sp³-hybridized carbons (Fsp3) is 0.208. The minimum atomic E-state index is -0.329. The molecule has 166 valence electrons. The molecule has 4 rings (SSSR count). The van der Waals surface area contributed by atoms with Crippen LogP contribution in [0.2, 0.25) is 0 Å². The molecule has 0 aliphatic heterocycles. The minimum absolute atomic E-state index is 0.115. The Bertz CT molecular complexity index is 1350. The Morgan fingerprint density at radius 1 is 1.15 bits per heavy atom. The zero-order valence-electron chi connectivity index (χ0n) is 18.2. The van der Waals surface area contributed by atoms with Crippen molar-refractivity contribution in [2.75, 3.05) is 17.2 Å². The number of aromatic nitrogens is 4. The summed E-state index contributed by atoms with van der Waals surface area (Å²) in [6, 6.07) is 13.9. The van der Waals surface area contributed by atoms with Gasteiger partial charge in [-0.15, -0.1) is 0 Å². The van der Waals surface area contributed by atoms with E-state index in [-0.39, 0.29) is 23.9 Å². The number of nitriles is 1. The quantitative estimate of drug-likeness (QED) is 0.296. The highest BCUT2D eigenvalue weighted by Gasteiger charge is 2.18. The number of carbonyl (C=O) groups excluding carboxylic acids is 1. The first-order chi connectivity index (χ1) is 16.0. The van der Waals surface area contributed by atoms with Crippen molar-refractivity contribution in [2.24, 2.45) is 0 Å². The molecule has 0 saturated carbocycles. The standard InChI is InChI=1S/C24H21FN6OS/c1-16-4-7-20(12-17(16)2)30(11-3-10-26)22(32)14-33-24-21-13-29-31(23(21)27-15-28-24)19-8-5-18(25)6-9-19/h4-9,12-13,15H,3,11,14H2,1-2H3. The molecule has 4 aromatic rings. The van der Waals surface area contributed by atoms with Crippen LogP contribution in [0.1, 0.15) is 17.5 Å². The Morgan fingerprint density at radius 2 is 1.94 bits per heavy atom. The fourth-order valence-electron chi connectivity index (χ4n) is 3.37. The molecule has 1 amide bonds. The topological polar surface area (TPSA) is 87.7 Å². The van der Waals surface area contributed by atoms with Gasteiger partial charge in [0.15, 0.2) is 5.65 Å². The van der Waals surface area contributed by atoms with Crippen molar-refractivity contribution in [2.45, 2.75) is 25.3 Å². The highest BCUT2D eigenvalue weighted by molar-refractivity contribution is 8.00. The molecule has 33 heavy (non-hydrogen) atoms. The van der Waals surface area contributed by atoms with Crippen LogP contribution < -0.4 is 4.90 Å². The Kier molecular flexibility index (Phi) is 6.66. The molecule has 0 radical (unpaired) electrons. The first-order valence-electron chi connectivity index (χ1n) is 10.3. The summed E-state index contributed by atoms with van der Waals surface area (Å²) in [6.45, 7) is 4.33. The van der Waals surface area contributed by atoms with Gasteiger partial charge in [-0.2, -0.15) is 10.4 Å². The average Bonchev–Trinajstić information content (AvgIpc) is 3.25. The Morgan fingerprint density at radius 3 is 2.67 bits per heavy atom. The van der Waals surface area contributed by atoms with E-state index in [1.807, 2.05) is 32.0 Å². The molecular formula is C24H21FN6OS. The number of hydrogen-bond acceptors (Lipinski definition) is 6. The third-order valence-corrected chi connectivity index (χ3v) is 6.27. The van der Waals surface area contributed by atoms with Gasteiger partial charge < -0.3 is 4.90 Å². The Hall–Kier alpha value is -3.77. The molecule has 0 aliphatic rings. The minimum Gasteiger partial charge on any atom is -0.311 e. The van der Waals surface area contributed by atoms with Crippen molar-refractivity contribution in [1.29, 1.82) is 5.26 Å². The van der Waals surface area contributed by atoms with Gasteiger partial charge in [0.2, 0.25) is 5.91 Å². The van der Waals surface area contributed by atoms with Crippen LogP contribution in [0.3, 0.4) is 0 Å². The SMILES string of the molecule is Cc1ccc(N(CCC#N)C(=O)CSc2ncnc3c2cnn3-c2ccc(F)cc2)cc1C. The van der Waals surface area contributed by atoms with Gasteiger partial charge in [-0.3, -0.25) is 4.79 Å². The van der Waals surface area contributed by atoms with Crippen molar-refractivity contribution >= 4 is 34.4 Å². The number of carbonyl (C=O) groups is 1. The number of amides is 1. The van der Waals surface area contributed by atoms with Crippen molar-refractivity contribution < 1.29 is 9.18 Å². The van der Waals surface area contributed by atoms with Gasteiger partial charge in [0, 0.05) is 12.2 Å². The number of halogens is 1. The van der Waals surface area contributed by atoms with Crippen LogP contribution >= 0.6 is 11.8 Å². The monoisotopic (exact) mass is 460 g/mol. The summed E-state index contributed by atoms with van der Waals surface area (Å²) in [5, 5.41) is 14.7. The number of aryl methyl sites for hydroxylation is 2. The Labute approximate surface area is 194 Å². The molecule has 7 nitrogen and oxygen atoms in total. The lowest BCUT2D eigenvalue weighted by molar-refractivity contribution is -0.116. The van der Waals surface area contributed by atoms with Crippen LogP contribution in [0.15, 0.2) is 60.0 Å². The van der Waals surface area contributed by atoms with Crippen LogP contribution in [0.5, 0.6) is 0 Å². The molecule has 9 heteroatoms. The maximum Gasteiger partial charge on any atom is 0.237 e. The predicted molar refractivity (Wildman–Crippen MR) is 126 cm³/mol. The lowest BCUT2D eigenvalue weighted by Gasteiger charge is -2.22. The van der Waals surface area contributed by atoms with Crippen molar-refractivity contribution in [3.05, 3.63) is 71.9 Å². The second-order valence-electron chi connectivity index (χ2n) is 7.46. The number of anilines is 1. The first kappa shape index (κ1) is 22.4. The summed E-state index contributed by atoms with van der Waals surface area (Å²) in [4.78, 5) is 23.4. The maximum atomic E-state index is 13.3. The second-order valence-corrected chi connectivity index (χ2v) is 8.42. The third kappa shape index (κ3) is 4.86. The third-order valence-electron chi connectivity index (χ3n) is 5.28. The van der Waals surface area contributed by atoms with Gasteiger partial charge in [0.25, 0.3) is 0 Å². The van der Waals surface area contributed by atoms with Gasteiger partial charge in [0.05, 0.1) is 35.5 Å². The molecule has 0 fully saturated rings. The molecule has 0 bridgehead atoms. The number of benzene rings is 2. The summed E-state index contributed by atoms with van der Waals surface area (Å²) in [5.41, 5.74) is 4.25. The largest absolute Gasteiger partial charge is 0.311 e. The number of nitrogens with zero attached hydrogens (tertiary/aromatic N) is 6. The van der Waals surface area contributed by atoms with Crippen molar-refractivity contribution in [3.8, 4) is 11.8 Å². The van der Waals surface area contributed by atoms with Crippen LogP contribution in [0.25, 0.3) is 16.7 Å². The summed E-state index contributed by atoms with van der Waals surface area (Å²) in [6.07, 6.45) is 3.31. The lowest BCUT2D eigenvalue weighted by Crippen LogP contribution is -2.33. The summed E-state index contributed by atoms with van der Waals surface area (Å²) in [7, 11) is 0. The van der Waals surface area contributed by atoms with E-state index in [4.69, 9.17) is 5.26 Å². The maximum absolute atomic E-state index is 13.3. The first-order valence-corrected chi connectivity index (χ1v) is 11.3. The van der Waals surface area contributed by atoms with Gasteiger partial charge >= 0.3 is 0 Å². The van der Waals surface area contributed by atoms with E-state index >= 15 is 0 Å². The summed E-state index contributed by atoms with van der Waals surface area (Å²) < 4.78 is 14.9. The summed E-state index contributed by atoms with van der Waals surface area (Å²) in [5.74, 6) is -0.299. The smallest absolute Gasteiger partial charge is 0.237 e. The fourth-order valence-corrected chi connectivity index (χ4v) is 4.21. The van der Waals surface area contributed by atoms with Gasteiger partial charge in [-0.05, 0) is 61.4 Å². The van der Waals surface area contributed by atoms with E-state index in [0.717, 1.165) is 16.8 Å². The average molecular weight is 461 g/mol. The zero-order valence-corrected chi connectivity index (χ0v) is 19.0. The number of thioether (sulfide) groups is 1. The number of rotatable bonds is 7. The number of fused-ring (bicyclic) bond motifs is 1. The summed E-state index contributed by atoms with van der Waals surface area (Å²) >= 11 is 1.29. The molecule has 0 saturated heterocycles. The number of hydrogen-bond donors (Lipinski definition) is 0. The van der Waals surface area contributed by atoms with Gasteiger partial charge in [-0.25, -0.2) is 19.0 Å². The molecule has 0 spiro atoms. The van der Waals surface area contributed by atoms with E-state index in [9.17, 15) is 9.18 Å². The normalized spacial score (nSPS) is 10.8. The van der Waals surface area contributed by atoms with Crippen LogP contribution in [-0.4, -0.2) is 38.0 Å². The molecule has 0 N–H and O–H groups in total.